The third-order valence-electron chi connectivity index (χ3n) is 5.51. The first-order valence-electron chi connectivity index (χ1n) is 8.80. The molecule has 25 heavy (non-hydrogen) atoms. The lowest BCUT2D eigenvalue weighted by Crippen LogP contribution is -2.24. The Morgan fingerprint density at radius 3 is 2.80 bits per heavy atom. The second-order valence-electron chi connectivity index (χ2n) is 6.94. The van der Waals surface area contributed by atoms with Crippen LogP contribution in [0.5, 0.6) is 5.75 Å². The van der Waals surface area contributed by atoms with Crippen molar-refractivity contribution in [2.45, 2.75) is 18.9 Å². The zero-order chi connectivity index (χ0) is 17.0. The van der Waals surface area contributed by atoms with E-state index >= 15 is 0 Å². The molecule has 5 rings (SSSR count). The van der Waals surface area contributed by atoms with Gasteiger partial charge in [-0.15, -0.1) is 0 Å². The summed E-state index contributed by atoms with van der Waals surface area (Å²) in [4.78, 5) is 0. The smallest absolute Gasteiger partial charge is 0.244 e. The highest BCUT2D eigenvalue weighted by atomic mass is 16.5. The van der Waals surface area contributed by atoms with E-state index in [-0.39, 0.29) is 0 Å². The maximum atomic E-state index is 5.79. The van der Waals surface area contributed by atoms with Crippen molar-refractivity contribution in [1.29, 1.82) is 0 Å². The van der Waals surface area contributed by atoms with E-state index in [0.29, 0.717) is 6.04 Å². The van der Waals surface area contributed by atoms with Gasteiger partial charge in [0.25, 0.3) is 0 Å². The Hall–Kier alpha value is -2.81. The summed E-state index contributed by atoms with van der Waals surface area (Å²) in [5, 5.41) is 5.09. The third kappa shape index (κ3) is 2.08. The topological polar surface area (TPSA) is 18.0 Å². The fraction of sp³-hybridized carbons (Fsp3) is 0.227. The number of methoxy groups -OCH3 is 1. The predicted molar refractivity (Wildman–Crippen MR) is 100 cm³/mol. The summed E-state index contributed by atoms with van der Waals surface area (Å²) in [5.41, 5.74) is 2.87. The molecule has 0 saturated carbocycles. The van der Waals surface area contributed by atoms with Gasteiger partial charge in [-0.1, -0.05) is 36.4 Å². The lowest BCUT2D eigenvalue weighted by atomic mass is 9.94. The normalized spacial score (nSPS) is 16.5. The molecular formula is C22H21N2O+. The molecule has 1 aromatic heterocycles. The second-order valence-corrected chi connectivity index (χ2v) is 6.94. The maximum Gasteiger partial charge on any atom is 0.244 e. The lowest BCUT2D eigenvalue weighted by molar-refractivity contribution is -0.671. The van der Waals surface area contributed by atoms with E-state index in [2.05, 4.69) is 77.4 Å². The van der Waals surface area contributed by atoms with Crippen LogP contribution in [0, 0.1) is 0 Å². The van der Waals surface area contributed by atoms with E-state index in [1.807, 2.05) is 0 Å². The molecule has 0 N–H and O–H groups in total. The third-order valence-corrected chi connectivity index (χ3v) is 5.51. The number of fused-ring (bicyclic) bond motifs is 5. The Morgan fingerprint density at radius 2 is 2.00 bits per heavy atom. The van der Waals surface area contributed by atoms with E-state index in [4.69, 9.17) is 4.74 Å². The fourth-order valence-electron chi connectivity index (χ4n) is 4.39. The molecule has 1 atom stereocenters. The van der Waals surface area contributed by atoms with Crippen LogP contribution in [0.3, 0.4) is 0 Å². The van der Waals surface area contributed by atoms with Crippen LogP contribution in [0.15, 0.2) is 61.2 Å². The van der Waals surface area contributed by atoms with Crippen LogP contribution >= 0.6 is 0 Å². The van der Waals surface area contributed by atoms with Gasteiger partial charge in [0.05, 0.1) is 14.2 Å². The van der Waals surface area contributed by atoms with E-state index < -0.39 is 0 Å². The predicted octanol–water partition coefficient (Wildman–Crippen LogP) is 4.16. The van der Waals surface area contributed by atoms with Crippen molar-refractivity contribution in [3.63, 3.8) is 0 Å². The molecule has 0 bridgehead atoms. The summed E-state index contributed by atoms with van der Waals surface area (Å²) in [6.45, 7) is 0. The summed E-state index contributed by atoms with van der Waals surface area (Å²) in [5.74, 6) is 0.990. The van der Waals surface area contributed by atoms with Gasteiger partial charge in [0, 0.05) is 10.9 Å². The van der Waals surface area contributed by atoms with E-state index in [0.717, 1.165) is 18.6 Å². The minimum atomic E-state index is 0.394. The number of rotatable bonds is 2. The lowest BCUT2D eigenvalue weighted by Gasteiger charge is -2.16. The molecule has 3 nitrogen and oxygen atoms in total. The van der Waals surface area contributed by atoms with Crippen LogP contribution in [0.1, 0.15) is 23.6 Å². The van der Waals surface area contributed by atoms with Gasteiger partial charge in [0.2, 0.25) is 6.33 Å². The van der Waals surface area contributed by atoms with Crippen molar-refractivity contribution in [2.24, 2.45) is 7.05 Å². The van der Waals surface area contributed by atoms with E-state index in [1.54, 1.807) is 7.11 Å². The van der Waals surface area contributed by atoms with Crippen molar-refractivity contribution in [1.82, 2.24) is 4.57 Å². The first kappa shape index (κ1) is 14.5. The largest absolute Gasteiger partial charge is 0.496 e. The van der Waals surface area contributed by atoms with Gasteiger partial charge in [0.1, 0.15) is 24.2 Å². The zero-order valence-electron chi connectivity index (χ0n) is 14.6. The SMILES string of the molecule is COc1cc2c(c3ccc4ccccc4c13)C(n1cc[n+](C)c1)CC2. The number of ether oxygens (including phenoxy) is 1. The van der Waals surface area contributed by atoms with Crippen LogP contribution in [0.25, 0.3) is 21.5 Å². The summed E-state index contributed by atoms with van der Waals surface area (Å²) in [6.07, 6.45) is 8.70. The van der Waals surface area contributed by atoms with Gasteiger partial charge >= 0.3 is 0 Å². The highest BCUT2D eigenvalue weighted by Gasteiger charge is 2.31. The molecular weight excluding hydrogens is 308 g/mol. The number of imidazole rings is 1. The minimum absolute atomic E-state index is 0.394. The Balaban J connectivity index is 1.86. The number of benzene rings is 3. The number of aromatic nitrogens is 2. The van der Waals surface area contributed by atoms with Gasteiger partial charge in [-0.2, -0.15) is 0 Å². The van der Waals surface area contributed by atoms with Gasteiger partial charge in [0.15, 0.2) is 0 Å². The molecule has 1 aliphatic carbocycles. The first-order chi connectivity index (χ1) is 12.3. The van der Waals surface area contributed by atoms with Gasteiger partial charge in [-0.25, -0.2) is 9.13 Å². The van der Waals surface area contributed by atoms with Crippen molar-refractivity contribution < 1.29 is 9.30 Å². The van der Waals surface area contributed by atoms with Crippen molar-refractivity contribution in [2.75, 3.05) is 7.11 Å². The maximum absolute atomic E-state index is 5.79. The van der Waals surface area contributed by atoms with Gasteiger partial charge in [-0.05, 0) is 40.6 Å². The molecule has 0 spiro atoms. The molecule has 0 saturated heterocycles. The van der Waals surface area contributed by atoms with Crippen LogP contribution in [-0.4, -0.2) is 11.7 Å². The standard InChI is InChI=1S/C22H21N2O/c1-23-11-12-24(14-23)19-10-8-16-13-20(25-2)22-17-6-4-3-5-15(17)7-9-18(22)21(16)19/h3-7,9,11-14,19H,8,10H2,1-2H3/q+1. The molecule has 3 heteroatoms. The van der Waals surface area contributed by atoms with Crippen LogP contribution < -0.4 is 9.30 Å². The average Bonchev–Trinajstić information content (AvgIpc) is 3.26. The summed E-state index contributed by atoms with van der Waals surface area (Å²) in [6, 6.07) is 15.7. The molecule has 4 aromatic rings. The molecule has 0 amide bonds. The second kappa shape index (κ2) is 5.35. The van der Waals surface area contributed by atoms with E-state index in [9.17, 15) is 0 Å². The Bertz CT molecular complexity index is 1110. The Morgan fingerprint density at radius 1 is 1.12 bits per heavy atom. The molecule has 0 fully saturated rings. The number of aryl methyl sites for hydroxylation is 2. The fourth-order valence-corrected chi connectivity index (χ4v) is 4.39. The molecule has 124 valence electrons. The molecule has 1 heterocycles. The van der Waals surface area contributed by atoms with Crippen molar-refractivity contribution >= 4 is 21.5 Å². The van der Waals surface area contributed by atoms with Crippen LogP contribution in [-0.2, 0) is 13.5 Å². The summed E-state index contributed by atoms with van der Waals surface area (Å²) in [7, 11) is 3.85. The number of nitrogens with zero attached hydrogens (tertiary/aromatic N) is 2. The average molecular weight is 329 g/mol. The van der Waals surface area contributed by atoms with Gasteiger partial charge in [-0.3, -0.25) is 0 Å². The Labute approximate surface area is 147 Å². The molecule has 3 aromatic carbocycles. The Kier molecular flexibility index (Phi) is 3.11. The van der Waals surface area contributed by atoms with E-state index in [1.165, 1.54) is 32.7 Å². The monoisotopic (exact) mass is 329 g/mol. The minimum Gasteiger partial charge on any atom is -0.496 e. The summed E-state index contributed by atoms with van der Waals surface area (Å²) >= 11 is 0. The highest BCUT2D eigenvalue weighted by molar-refractivity contribution is 6.12. The van der Waals surface area contributed by atoms with Crippen molar-refractivity contribution in [3.05, 3.63) is 72.3 Å². The molecule has 0 aliphatic heterocycles. The van der Waals surface area contributed by atoms with Crippen molar-refractivity contribution in [3.8, 4) is 5.75 Å². The van der Waals surface area contributed by atoms with Crippen LogP contribution in [0.2, 0.25) is 0 Å². The van der Waals surface area contributed by atoms with Crippen LogP contribution in [0.4, 0.5) is 0 Å². The molecule has 0 radical (unpaired) electrons. The zero-order valence-corrected chi connectivity index (χ0v) is 14.6. The quantitative estimate of drug-likeness (QED) is 0.399. The number of hydrogen-bond donors (Lipinski definition) is 0. The highest BCUT2D eigenvalue weighted by Crippen LogP contribution is 2.44. The summed E-state index contributed by atoms with van der Waals surface area (Å²) < 4.78 is 10.2. The molecule has 1 unspecified atom stereocenters. The first-order valence-corrected chi connectivity index (χ1v) is 8.80. The molecule has 1 aliphatic rings. The van der Waals surface area contributed by atoms with Gasteiger partial charge < -0.3 is 4.74 Å². The number of hydrogen-bond acceptors (Lipinski definition) is 1.